The van der Waals surface area contributed by atoms with E-state index in [1.165, 1.54) is 24.3 Å². The number of anilines is 1. The largest absolute Gasteiger partial charge is 0.478 e. The molecule has 0 spiro atoms. The Kier molecular flexibility index (Phi) is 4.36. The number of carboxylic acid groups (broad SMARTS) is 1. The van der Waals surface area contributed by atoms with Gasteiger partial charge in [-0.25, -0.2) is 9.18 Å². The highest BCUT2D eigenvalue weighted by Crippen LogP contribution is 2.44. The lowest BCUT2D eigenvalue weighted by Crippen LogP contribution is -2.29. The number of hydrogen-bond donors (Lipinski definition) is 2. The summed E-state index contributed by atoms with van der Waals surface area (Å²) in [5, 5.41) is 16.4. The zero-order valence-corrected chi connectivity index (χ0v) is 16.1. The van der Waals surface area contributed by atoms with Crippen LogP contribution in [0.5, 0.6) is 0 Å². The molecule has 5 rings (SSSR count). The lowest BCUT2D eigenvalue weighted by molar-refractivity contribution is 0.0696. The first kappa shape index (κ1) is 18.7. The molecule has 0 fully saturated rings. The van der Waals surface area contributed by atoms with Crippen molar-refractivity contribution >= 4 is 17.6 Å². The van der Waals surface area contributed by atoms with Gasteiger partial charge in [0.25, 0.3) is 5.91 Å². The number of aromatic nitrogens is 2. The molecular weight excluding hydrogens is 397 g/mol. The van der Waals surface area contributed by atoms with E-state index in [1.54, 1.807) is 29.2 Å². The van der Waals surface area contributed by atoms with E-state index in [-0.39, 0.29) is 17.3 Å². The van der Waals surface area contributed by atoms with Crippen LogP contribution < -0.4 is 4.90 Å². The number of amides is 1. The zero-order chi connectivity index (χ0) is 21.5. The normalized spacial score (nSPS) is 15.2. The number of fused-ring (bicyclic) bond motifs is 1. The van der Waals surface area contributed by atoms with Crippen molar-refractivity contribution in [2.75, 3.05) is 4.90 Å². The number of rotatable bonds is 4. The minimum absolute atomic E-state index is 0.124. The van der Waals surface area contributed by atoms with E-state index < -0.39 is 12.0 Å². The number of hydrogen-bond acceptors (Lipinski definition) is 3. The highest BCUT2D eigenvalue weighted by molar-refractivity contribution is 6.11. The number of carbonyl (C=O) groups excluding carboxylic acids is 1. The standard InChI is InChI=1S/C24H16FN3O3/c25-17-10-6-15(7-11-17)22-19-20(14-4-2-1-3-5-14)26-27-21(19)23(29)28(22)18-12-8-16(9-13-18)24(30)31/h1-13,22H,(H,26,27)(H,30,31). The maximum absolute atomic E-state index is 13.6. The fraction of sp³-hybridized carbons (Fsp3) is 0.0417. The molecule has 1 aliphatic heterocycles. The molecule has 152 valence electrons. The smallest absolute Gasteiger partial charge is 0.335 e. The van der Waals surface area contributed by atoms with E-state index in [9.17, 15) is 19.1 Å². The summed E-state index contributed by atoms with van der Waals surface area (Å²) >= 11 is 0. The van der Waals surface area contributed by atoms with Gasteiger partial charge in [-0.2, -0.15) is 5.10 Å². The summed E-state index contributed by atoms with van der Waals surface area (Å²) < 4.78 is 13.6. The fourth-order valence-corrected chi connectivity index (χ4v) is 3.95. The van der Waals surface area contributed by atoms with Crippen LogP contribution in [-0.4, -0.2) is 27.2 Å². The minimum atomic E-state index is -1.05. The molecule has 4 aromatic rings. The van der Waals surface area contributed by atoms with Crippen molar-refractivity contribution in [2.45, 2.75) is 6.04 Å². The molecule has 1 amide bonds. The van der Waals surface area contributed by atoms with Crippen LogP contribution in [0.3, 0.4) is 0 Å². The van der Waals surface area contributed by atoms with Gasteiger partial charge < -0.3 is 5.11 Å². The Bertz CT molecular complexity index is 1280. The van der Waals surface area contributed by atoms with Crippen LogP contribution in [0, 0.1) is 5.82 Å². The summed E-state index contributed by atoms with van der Waals surface area (Å²) in [4.78, 5) is 26.2. The molecule has 2 heterocycles. The van der Waals surface area contributed by atoms with Gasteiger partial charge in [-0.05, 0) is 42.0 Å². The number of halogens is 1. The number of nitrogens with one attached hydrogen (secondary N) is 1. The number of nitrogens with zero attached hydrogens (tertiary/aromatic N) is 2. The monoisotopic (exact) mass is 413 g/mol. The SMILES string of the molecule is O=C(O)c1ccc(N2C(=O)c3[nH]nc(-c4ccccc4)c3C2c2ccc(F)cc2)cc1. The molecule has 0 saturated carbocycles. The molecular formula is C24H16FN3O3. The quantitative estimate of drug-likeness (QED) is 0.509. The molecule has 3 aromatic carbocycles. The van der Waals surface area contributed by atoms with Crippen LogP contribution in [0.25, 0.3) is 11.3 Å². The Morgan fingerprint density at radius 3 is 2.29 bits per heavy atom. The van der Waals surface area contributed by atoms with Crippen LogP contribution in [0.15, 0.2) is 78.9 Å². The average Bonchev–Trinajstić information content (AvgIpc) is 3.34. The van der Waals surface area contributed by atoms with Gasteiger partial charge in [0.2, 0.25) is 0 Å². The third-order valence-electron chi connectivity index (χ3n) is 5.39. The minimum Gasteiger partial charge on any atom is -0.478 e. The van der Waals surface area contributed by atoms with Crippen molar-refractivity contribution in [2.24, 2.45) is 0 Å². The Labute approximate surface area is 176 Å². The first-order valence-electron chi connectivity index (χ1n) is 9.60. The molecule has 0 bridgehead atoms. The third kappa shape index (κ3) is 3.07. The maximum Gasteiger partial charge on any atom is 0.335 e. The Morgan fingerprint density at radius 1 is 0.968 bits per heavy atom. The molecule has 1 unspecified atom stereocenters. The fourth-order valence-electron chi connectivity index (χ4n) is 3.95. The second-order valence-electron chi connectivity index (χ2n) is 7.21. The van der Waals surface area contributed by atoms with Crippen molar-refractivity contribution in [3.8, 4) is 11.3 Å². The lowest BCUT2D eigenvalue weighted by Gasteiger charge is -2.26. The summed E-state index contributed by atoms with van der Waals surface area (Å²) in [5.74, 6) is -1.71. The zero-order valence-electron chi connectivity index (χ0n) is 16.1. The molecule has 1 aromatic heterocycles. The predicted octanol–water partition coefficient (Wildman–Crippen LogP) is 4.66. The van der Waals surface area contributed by atoms with Gasteiger partial charge in [0.1, 0.15) is 11.5 Å². The predicted molar refractivity (Wildman–Crippen MR) is 112 cm³/mol. The van der Waals surface area contributed by atoms with Gasteiger partial charge in [-0.1, -0.05) is 42.5 Å². The van der Waals surface area contributed by atoms with E-state index >= 15 is 0 Å². The van der Waals surface area contributed by atoms with Crippen molar-refractivity contribution in [1.29, 1.82) is 0 Å². The highest BCUT2D eigenvalue weighted by Gasteiger charge is 2.43. The Balaban J connectivity index is 1.69. The van der Waals surface area contributed by atoms with Gasteiger partial charge in [-0.3, -0.25) is 14.8 Å². The number of benzene rings is 3. The Hall–Kier alpha value is -4.26. The molecule has 1 aliphatic rings. The number of carboxylic acids is 1. The molecule has 6 nitrogen and oxygen atoms in total. The number of carbonyl (C=O) groups is 2. The third-order valence-corrected chi connectivity index (χ3v) is 5.39. The summed E-state index contributed by atoms with van der Waals surface area (Å²) in [6.07, 6.45) is 0. The van der Waals surface area contributed by atoms with Gasteiger partial charge in [0.15, 0.2) is 0 Å². The van der Waals surface area contributed by atoms with Crippen LogP contribution >= 0.6 is 0 Å². The van der Waals surface area contributed by atoms with Crippen molar-refractivity contribution in [1.82, 2.24) is 10.2 Å². The van der Waals surface area contributed by atoms with E-state index in [0.717, 1.165) is 11.1 Å². The van der Waals surface area contributed by atoms with E-state index in [0.29, 0.717) is 22.6 Å². The molecule has 0 saturated heterocycles. The van der Waals surface area contributed by atoms with E-state index in [1.807, 2.05) is 30.3 Å². The second kappa shape index (κ2) is 7.21. The molecule has 2 N–H and O–H groups in total. The average molecular weight is 413 g/mol. The lowest BCUT2D eigenvalue weighted by atomic mass is 9.96. The molecule has 0 radical (unpaired) electrons. The van der Waals surface area contributed by atoms with Crippen LogP contribution in [0.4, 0.5) is 10.1 Å². The van der Waals surface area contributed by atoms with Gasteiger partial charge in [-0.15, -0.1) is 0 Å². The summed E-state index contributed by atoms with van der Waals surface area (Å²) in [6, 6.07) is 21.0. The van der Waals surface area contributed by atoms with Crippen LogP contribution in [0.1, 0.15) is 38.0 Å². The number of aromatic carboxylic acids is 1. The van der Waals surface area contributed by atoms with Crippen LogP contribution in [0.2, 0.25) is 0 Å². The first-order chi connectivity index (χ1) is 15.0. The summed E-state index contributed by atoms with van der Waals surface area (Å²) in [7, 11) is 0. The Morgan fingerprint density at radius 2 is 1.65 bits per heavy atom. The van der Waals surface area contributed by atoms with Gasteiger partial charge in [0, 0.05) is 16.8 Å². The van der Waals surface area contributed by atoms with Crippen LogP contribution in [-0.2, 0) is 0 Å². The van der Waals surface area contributed by atoms with Crippen molar-refractivity contribution in [3.63, 3.8) is 0 Å². The highest BCUT2D eigenvalue weighted by atomic mass is 19.1. The van der Waals surface area contributed by atoms with Crippen molar-refractivity contribution < 1.29 is 19.1 Å². The molecule has 31 heavy (non-hydrogen) atoms. The number of H-pyrrole nitrogens is 1. The van der Waals surface area contributed by atoms with Gasteiger partial charge >= 0.3 is 5.97 Å². The van der Waals surface area contributed by atoms with Gasteiger partial charge in [0.05, 0.1) is 17.3 Å². The van der Waals surface area contributed by atoms with E-state index in [4.69, 9.17) is 0 Å². The summed E-state index contributed by atoms with van der Waals surface area (Å²) in [6.45, 7) is 0. The van der Waals surface area contributed by atoms with E-state index in [2.05, 4.69) is 10.2 Å². The van der Waals surface area contributed by atoms with Crippen molar-refractivity contribution in [3.05, 3.63) is 107 Å². The second-order valence-corrected chi connectivity index (χ2v) is 7.21. The molecule has 0 aliphatic carbocycles. The number of aromatic amines is 1. The molecule has 1 atom stereocenters. The first-order valence-corrected chi connectivity index (χ1v) is 9.60. The topological polar surface area (TPSA) is 86.3 Å². The maximum atomic E-state index is 13.6. The molecule has 7 heteroatoms. The summed E-state index contributed by atoms with van der Waals surface area (Å²) in [5.41, 5.74) is 3.92.